The minimum absolute atomic E-state index is 0.457. The Hall–Kier alpha value is -2.93. The van der Waals surface area contributed by atoms with Gasteiger partial charge in [-0.05, 0) is 37.3 Å². The molecule has 0 aliphatic heterocycles. The highest BCUT2D eigenvalue weighted by Gasteiger charge is 2.07. The largest absolute Gasteiger partial charge is 0.437 e. The van der Waals surface area contributed by atoms with Crippen LogP contribution in [0.5, 0.6) is 11.6 Å². The molecule has 0 unspecified atom stereocenters. The molecule has 2 aromatic carbocycles. The highest BCUT2D eigenvalue weighted by atomic mass is 16.5. The van der Waals surface area contributed by atoms with Gasteiger partial charge in [0.25, 0.3) is 0 Å². The predicted octanol–water partition coefficient (Wildman–Crippen LogP) is 3.60. The summed E-state index contributed by atoms with van der Waals surface area (Å²) in [5.74, 6) is 1.04. The summed E-state index contributed by atoms with van der Waals surface area (Å²) in [6.45, 7) is 1.85. The number of hydrogen-bond acceptors (Lipinski definition) is 4. The van der Waals surface area contributed by atoms with Crippen LogP contribution in [-0.4, -0.2) is 9.97 Å². The van der Waals surface area contributed by atoms with Gasteiger partial charge in [-0.25, -0.2) is 9.97 Å². The second-order valence-electron chi connectivity index (χ2n) is 4.34. The summed E-state index contributed by atoms with van der Waals surface area (Å²) in [6.07, 6.45) is 0. The first-order chi connectivity index (χ1) is 9.76. The van der Waals surface area contributed by atoms with Crippen LogP contribution in [-0.2, 0) is 0 Å². The smallest absolute Gasteiger partial charge is 0.241 e. The molecule has 1 aromatic heterocycles. The van der Waals surface area contributed by atoms with Crippen molar-refractivity contribution in [3.63, 3.8) is 0 Å². The van der Waals surface area contributed by atoms with Gasteiger partial charge >= 0.3 is 0 Å². The fourth-order valence-electron chi connectivity index (χ4n) is 1.91. The van der Waals surface area contributed by atoms with Crippen molar-refractivity contribution < 1.29 is 4.74 Å². The molecule has 0 N–H and O–H groups in total. The standard InChI is InChI=1S/C16H11N3O/c1-11-16(19-15-8-3-2-7-14(15)18-11)20-13-6-4-5-12(9-13)10-17/h2-9H,1H3. The van der Waals surface area contributed by atoms with Crippen molar-refractivity contribution in [3.05, 3.63) is 59.8 Å². The molecule has 0 aliphatic carbocycles. The Balaban J connectivity index is 2.01. The maximum Gasteiger partial charge on any atom is 0.241 e. The van der Waals surface area contributed by atoms with E-state index in [0.717, 1.165) is 11.0 Å². The van der Waals surface area contributed by atoms with Crippen molar-refractivity contribution in [1.29, 1.82) is 5.26 Å². The fourth-order valence-corrected chi connectivity index (χ4v) is 1.91. The quantitative estimate of drug-likeness (QED) is 0.707. The van der Waals surface area contributed by atoms with Gasteiger partial charge in [0, 0.05) is 0 Å². The molecule has 0 amide bonds. The molecule has 0 saturated heterocycles. The Morgan fingerprint density at radius 1 is 1.00 bits per heavy atom. The zero-order valence-electron chi connectivity index (χ0n) is 10.9. The van der Waals surface area contributed by atoms with E-state index in [0.29, 0.717) is 22.9 Å². The lowest BCUT2D eigenvalue weighted by Gasteiger charge is -2.08. The lowest BCUT2D eigenvalue weighted by molar-refractivity contribution is 0.458. The van der Waals surface area contributed by atoms with E-state index >= 15 is 0 Å². The lowest BCUT2D eigenvalue weighted by Crippen LogP contribution is -1.95. The van der Waals surface area contributed by atoms with Crippen LogP contribution in [0.1, 0.15) is 11.3 Å². The van der Waals surface area contributed by atoms with Crippen molar-refractivity contribution in [3.8, 4) is 17.7 Å². The Morgan fingerprint density at radius 3 is 2.50 bits per heavy atom. The molecule has 3 rings (SSSR count). The van der Waals surface area contributed by atoms with Crippen LogP contribution in [0.15, 0.2) is 48.5 Å². The highest BCUT2D eigenvalue weighted by molar-refractivity contribution is 5.74. The number of nitriles is 1. The molecule has 96 valence electrons. The van der Waals surface area contributed by atoms with Gasteiger partial charge < -0.3 is 4.74 Å². The van der Waals surface area contributed by atoms with E-state index < -0.39 is 0 Å². The van der Waals surface area contributed by atoms with E-state index in [4.69, 9.17) is 10.00 Å². The third-order valence-electron chi connectivity index (χ3n) is 2.88. The van der Waals surface area contributed by atoms with Gasteiger partial charge in [-0.15, -0.1) is 0 Å². The third-order valence-corrected chi connectivity index (χ3v) is 2.88. The maximum absolute atomic E-state index is 8.89. The summed E-state index contributed by atoms with van der Waals surface area (Å²) < 4.78 is 5.74. The monoisotopic (exact) mass is 261 g/mol. The van der Waals surface area contributed by atoms with Crippen molar-refractivity contribution in [2.75, 3.05) is 0 Å². The van der Waals surface area contributed by atoms with Crippen LogP contribution in [0.3, 0.4) is 0 Å². The summed E-state index contributed by atoms with van der Waals surface area (Å²) in [4.78, 5) is 8.92. The highest BCUT2D eigenvalue weighted by Crippen LogP contribution is 2.24. The minimum atomic E-state index is 0.457. The molecule has 0 aliphatic rings. The lowest BCUT2D eigenvalue weighted by atomic mass is 10.2. The molecule has 0 radical (unpaired) electrons. The van der Waals surface area contributed by atoms with Gasteiger partial charge in [-0.2, -0.15) is 5.26 Å². The summed E-state index contributed by atoms with van der Waals surface area (Å²) >= 11 is 0. The Bertz CT molecular complexity index is 821. The molecule has 20 heavy (non-hydrogen) atoms. The van der Waals surface area contributed by atoms with Crippen molar-refractivity contribution in [2.24, 2.45) is 0 Å². The molecule has 0 atom stereocenters. The van der Waals surface area contributed by atoms with E-state index in [1.807, 2.05) is 31.2 Å². The van der Waals surface area contributed by atoms with Crippen molar-refractivity contribution in [1.82, 2.24) is 9.97 Å². The second kappa shape index (κ2) is 4.98. The van der Waals surface area contributed by atoms with Crippen LogP contribution >= 0.6 is 0 Å². The Morgan fingerprint density at radius 2 is 1.75 bits per heavy atom. The van der Waals surface area contributed by atoms with Gasteiger partial charge in [0.15, 0.2) is 0 Å². The number of rotatable bonds is 2. The molecule has 3 aromatic rings. The van der Waals surface area contributed by atoms with Gasteiger partial charge in [0.2, 0.25) is 5.88 Å². The number of para-hydroxylation sites is 2. The van der Waals surface area contributed by atoms with E-state index in [9.17, 15) is 0 Å². The Kier molecular flexibility index (Phi) is 3.02. The summed E-state index contributed by atoms with van der Waals surface area (Å²) in [5.41, 5.74) is 2.88. The van der Waals surface area contributed by atoms with Crippen molar-refractivity contribution >= 4 is 11.0 Å². The number of fused-ring (bicyclic) bond motifs is 1. The van der Waals surface area contributed by atoms with E-state index in [1.54, 1.807) is 24.3 Å². The second-order valence-corrected chi connectivity index (χ2v) is 4.34. The number of benzene rings is 2. The third kappa shape index (κ3) is 2.29. The minimum Gasteiger partial charge on any atom is -0.437 e. The first-order valence-electron chi connectivity index (χ1n) is 6.17. The van der Waals surface area contributed by atoms with Crippen LogP contribution < -0.4 is 4.74 Å². The number of aryl methyl sites for hydroxylation is 1. The zero-order valence-corrected chi connectivity index (χ0v) is 10.9. The van der Waals surface area contributed by atoms with Crippen molar-refractivity contribution in [2.45, 2.75) is 6.92 Å². The number of aromatic nitrogens is 2. The van der Waals surface area contributed by atoms with Crippen LogP contribution in [0.4, 0.5) is 0 Å². The summed E-state index contributed by atoms with van der Waals surface area (Å²) in [6, 6.07) is 16.7. The first-order valence-corrected chi connectivity index (χ1v) is 6.17. The molecule has 0 saturated carbocycles. The topological polar surface area (TPSA) is 58.8 Å². The molecule has 0 spiro atoms. The van der Waals surface area contributed by atoms with Crippen LogP contribution in [0.25, 0.3) is 11.0 Å². The normalized spacial score (nSPS) is 10.2. The van der Waals surface area contributed by atoms with E-state index in [-0.39, 0.29) is 0 Å². The fraction of sp³-hybridized carbons (Fsp3) is 0.0625. The number of nitrogens with zero attached hydrogens (tertiary/aromatic N) is 3. The summed E-state index contributed by atoms with van der Waals surface area (Å²) in [5, 5.41) is 8.89. The molecule has 4 nitrogen and oxygen atoms in total. The SMILES string of the molecule is Cc1nc2ccccc2nc1Oc1cccc(C#N)c1. The van der Waals surface area contributed by atoms with Gasteiger partial charge in [0.05, 0.1) is 22.7 Å². The molecule has 1 heterocycles. The molecule has 0 fully saturated rings. The maximum atomic E-state index is 8.89. The molecular formula is C16H11N3O. The zero-order chi connectivity index (χ0) is 13.9. The predicted molar refractivity (Wildman–Crippen MR) is 75.5 cm³/mol. The Labute approximate surface area is 116 Å². The van der Waals surface area contributed by atoms with E-state index in [2.05, 4.69) is 16.0 Å². The summed E-state index contributed by atoms with van der Waals surface area (Å²) in [7, 11) is 0. The van der Waals surface area contributed by atoms with Gasteiger partial charge in [0.1, 0.15) is 11.4 Å². The van der Waals surface area contributed by atoms with E-state index in [1.165, 1.54) is 0 Å². The van der Waals surface area contributed by atoms with Gasteiger partial charge in [-0.3, -0.25) is 0 Å². The van der Waals surface area contributed by atoms with Crippen LogP contribution in [0, 0.1) is 18.3 Å². The van der Waals surface area contributed by atoms with Gasteiger partial charge in [-0.1, -0.05) is 18.2 Å². The number of ether oxygens (including phenoxy) is 1. The molecule has 0 bridgehead atoms. The molecular weight excluding hydrogens is 250 g/mol. The average Bonchev–Trinajstić information content (AvgIpc) is 2.48. The average molecular weight is 261 g/mol. The van der Waals surface area contributed by atoms with Crippen LogP contribution in [0.2, 0.25) is 0 Å². The number of hydrogen-bond donors (Lipinski definition) is 0. The first kappa shape index (κ1) is 12.1. The molecule has 4 heteroatoms.